The Bertz CT molecular complexity index is 1850. The molecule has 4 saturated carbocycles. The van der Waals surface area contributed by atoms with Crippen LogP contribution >= 0.6 is 0 Å². The number of benzene rings is 5. The molecule has 5 aromatic carbocycles. The second-order valence-electron chi connectivity index (χ2n) is 13.9. The van der Waals surface area contributed by atoms with Gasteiger partial charge in [-0.15, -0.1) is 0 Å². The fourth-order valence-electron chi connectivity index (χ4n) is 9.53. The summed E-state index contributed by atoms with van der Waals surface area (Å²) >= 11 is 0. The van der Waals surface area contributed by atoms with Crippen LogP contribution in [0.1, 0.15) is 43.5 Å². The van der Waals surface area contributed by atoms with Crippen LogP contribution < -0.4 is 4.90 Å². The van der Waals surface area contributed by atoms with Crippen molar-refractivity contribution in [1.82, 2.24) is 9.97 Å². The molecule has 4 fully saturated rings. The normalized spacial score (nSPS) is 24.3. The van der Waals surface area contributed by atoms with Gasteiger partial charge in [-0.05, 0) is 104 Å². The maximum Gasteiger partial charge on any atom is 0.140 e. The molecule has 3 heteroatoms. The van der Waals surface area contributed by atoms with Gasteiger partial charge in [-0.3, -0.25) is 0 Å². The van der Waals surface area contributed by atoms with Crippen LogP contribution in [0.15, 0.2) is 152 Å². The second kappa shape index (κ2) is 11.7. The predicted octanol–water partition coefficient (Wildman–Crippen LogP) is 11.0. The Kier molecular flexibility index (Phi) is 7.00. The van der Waals surface area contributed by atoms with Gasteiger partial charge in [0.1, 0.15) is 5.82 Å². The van der Waals surface area contributed by atoms with E-state index in [1.807, 2.05) is 0 Å². The first kappa shape index (κ1) is 28.2. The molecule has 0 amide bonds. The summed E-state index contributed by atoms with van der Waals surface area (Å²) in [6, 6.07) is 54.4. The van der Waals surface area contributed by atoms with Gasteiger partial charge in [0.2, 0.25) is 0 Å². The van der Waals surface area contributed by atoms with E-state index >= 15 is 0 Å². The molecular formula is C44H39N3. The van der Waals surface area contributed by atoms with Crippen molar-refractivity contribution in [2.45, 2.75) is 37.5 Å². The molecule has 1 aromatic heterocycles. The second-order valence-corrected chi connectivity index (χ2v) is 13.9. The number of anilines is 3. The van der Waals surface area contributed by atoms with Gasteiger partial charge in [-0.2, -0.15) is 0 Å². The van der Waals surface area contributed by atoms with Crippen LogP contribution in [0.3, 0.4) is 0 Å². The number of hydrogen-bond acceptors (Lipinski definition) is 3. The molecule has 4 aliphatic rings. The maximum atomic E-state index is 5.55. The Morgan fingerprint density at radius 3 is 1.30 bits per heavy atom. The molecule has 4 aliphatic carbocycles. The summed E-state index contributed by atoms with van der Waals surface area (Å²) < 4.78 is 0. The highest BCUT2D eigenvalue weighted by molar-refractivity contribution is 5.76. The Labute approximate surface area is 278 Å². The summed E-state index contributed by atoms with van der Waals surface area (Å²) in [6.07, 6.45) is 6.50. The third kappa shape index (κ3) is 4.88. The molecule has 0 aliphatic heterocycles. The van der Waals surface area contributed by atoms with Crippen molar-refractivity contribution in [3.63, 3.8) is 0 Å². The summed E-state index contributed by atoms with van der Waals surface area (Å²) in [5, 5.41) is 0. The van der Waals surface area contributed by atoms with E-state index in [2.05, 4.69) is 157 Å². The van der Waals surface area contributed by atoms with E-state index in [0.717, 1.165) is 57.2 Å². The van der Waals surface area contributed by atoms with Gasteiger partial charge in [-0.1, -0.05) is 109 Å². The monoisotopic (exact) mass is 609 g/mol. The van der Waals surface area contributed by atoms with Crippen LogP contribution in [-0.4, -0.2) is 9.97 Å². The molecule has 0 saturated heterocycles. The lowest BCUT2D eigenvalue weighted by Gasteiger charge is -2.60. The molecule has 0 atom stereocenters. The van der Waals surface area contributed by atoms with Crippen molar-refractivity contribution in [2.75, 3.05) is 4.90 Å². The first-order chi connectivity index (χ1) is 23.3. The highest BCUT2D eigenvalue weighted by atomic mass is 15.1. The van der Waals surface area contributed by atoms with Crippen LogP contribution in [0.5, 0.6) is 0 Å². The summed E-state index contributed by atoms with van der Waals surface area (Å²) in [5.41, 5.74) is 8.94. The van der Waals surface area contributed by atoms with E-state index in [1.54, 1.807) is 0 Å². The zero-order valence-electron chi connectivity index (χ0n) is 26.6. The quantitative estimate of drug-likeness (QED) is 0.180. The van der Waals surface area contributed by atoms with Gasteiger partial charge in [-0.25, -0.2) is 9.97 Å². The van der Waals surface area contributed by atoms with E-state index in [1.165, 1.54) is 37.7 Å². The van der Waals surface area contributed by atoms with Gasteiger partial charge >= 0.3 is 0 Å². The van der Waals surface area contributed by atoms with E-state index in [0.29, 0.717) is 11.8 Å². The first-order valence-corrected chi connectivity index (χ1v) is 17.3. The number of rotatable bonds is 7. The number of hydrogen-bond donors (Lipinski definition) is 0. The van der Waals surface area contributed by atoms with Crippen LogP contribution in [0.4, 0.5) is 17.1 Å². The topological polar surface area (TPSA) is 29.0 Å². The minimum absolute atomic E-state index is 0.218. The molecular weight excluding hydrogens is 571 g/mol. The minimum Gasteiger partial charge on any atom is -0.311 e. The van der Waals surface area contributed by atoms with Gasteiger partial charge in [0.15, 0.2) is 0 Å². The van der Waals surface area contributed by atoms with Gasteiger partial charge < -0.3 is 4.90 Å². The first-order valence-electron chi connectivity index (χ1n) is 17.3. The highest BCUT2D eigenvalue weighted by Gasteiger charge is 2.60. The summed E-state index contributed by atoms with van der Waals surface area (Å²) in [6.45, 7) is 0. The largest absolute Gasteiger partial charge is 0.311 e. The number of nitrogens with zero attached hydrogens (tertiary/aromatic N) is 3. The Morgan fingerprint density at radius 2 is 0.851 bits per heavy atom. The minimum atomic E-state index is -0.218. The Balaban J connectivity index is 1.23. The third-order valence-corrected chi connectivity index (χ3v) is 11.3. The van der Waals surface area contributed by atoms with Gasteiger partial charge in [0.25, 0.3) is 0 Å². The molecule has 0 unspecified atom stereocenters. The molecule has 10 rings (SSSR count). The lowest BCUT2D eigenvalue weighted by molar-refractivity contribution is -0.0453. The number of aromatic nitrogens is 2. The predicted molar refractivity (Wildman–Crippen MR) is 192 cm³/mol. The van der Waals surface area contributed by atoms with Crippen molar-refractivity contribution in [3.8, 4) is 22.5 Å². The molecule has 230 valence electrons. The van der Waals surface area contributed by atoms with Crippen molar-refractivity contribution in [2.24, 2.45) is 23.7 Å². The van der Waals surface area contributed by atoms with E-state index in [4.69, 9.17) is 9.97 Å². The fourth-order valence-corrected chi connectivity index (χ4v) is 9.53. The lowest BCUT2D eigenvalue weighted by atomic mass is 9.43. The van der Waals surface area contributed by atoms with Crippen LogP contribution in [0.25, 0.3) is 22.5 Å². The molecule has 6 aromatic rings. The van der Waals surface area contributed by atoms with E-state index in [9.17, 15) is 0 Å². The molecule has 47 heavy (non-hydrogen) atoms. The van der Waals surface area contributed by atoms with Gasteiger partial charge in [0.05, 0.1) is 16.8 Å². The zero-order chi connectivity index (χ0) is 31.2. The van der Waals surface area contributed by atoms with Gasteiger partial charge in [0, 0.05) is 28.2 Å². The molecule has 3 nitrogen and oxygen atoms in total. The highest BCUT2D eigenvalue weighted by Crippen LogP contribution is 2.65. The lowest BCUT2D eigenvalue weighted by Crippen LogP contribution is -2.56. The van der Waals surface area contributed by atoms with Crippen LogP contribution in [0, 0.1) is 23.7 Å². The smallest absolute Gasteiger partial charge is 0.140 e. The van der Waals surface area contributed by atoms with Crippen LogP contribution in [-0.2, 0) is 5.41 Å². The SMILES string of the molecule is c1ccc(-c2cc(-c3ccccc3)nc(C3(c4ccc(N(c5ccccc5)c5ccccc5)cc4)C4CC5CC(C4)CC3C5)n2)cc1. The molecule has 4 bridgehead atoms. The van der Waals surface area contributed by atoms with Crippen molar-refractivity contribution < 1.29 is 0 Å². The molecule has 0 N–H and O–H groups in total. The van der Waals surface area contributed by atoms with E-state index < -0.39 is 0 Å². The maximum absolute atomic E-state index is 5.55. The molecule has 0 spiro atoms. The molecule has 0 radical (unpaired) electrons. The summed E-state index contributed by atoms with van der Waals surface area (Å²) in [5.74, 6) is 3.77. The molecule has 1 heterocycles. The number of para-hydroxylation sites is 2. The Hall–Kier alpha value is -5.02. The van der Waals surface area contributed by atoms with Crippen molar-refractivity contribution in [1.29, 1.82) is 0 Å². The fraction of sp³-hybridized carbons (Fsp3) is 0.227. The average molecular weight is 610 g/mol. The van der Waals surface area contributed by atoms with Crippen molar-refractivity contribution in [3.05, 3.63) is 163 Å². The average Bonchev–Trinajstić information content (AvgIpc) is 3.14. The van der Waals surface area contributed by atoms with E-state index in [-0.39, 0.29) is 5.41 Å². The summed E-state index contributed by atoms with van der Waals surface area (Å²) in [7, 11) is 0. The summed E-state index contributed by atoms with van der Waals surface area (Å²) in [4.78, 5) is 13.5. The standard InChI is InChI=1S/C44H39N3/c1-5-13-33(14-6-1)41-30-42(34-15-7-2-8-16-34)46-43(45-41)44(36-26-31-25-32(28-36)29-37(44)27-31)35-21-23-40(24-22-35)47(38-17-9-3-10-18-38)39-19-11-4-12-20-39/h1-24,30-32,36-37H,25-29H2. The zero-order valence-corrected chi connectivity index (χ0v) is 26.6. The third-order valence-electron chi connectivity index (χ3n) is 11.3. The Morgan fingerprint density at radius 1 is 0.447 bits per heavy atom. The van der Waals surface area contributed by atoms with Crippen molar-refractivity contribution >= 4 is 17.1 Å². The van der Waals surface area contributed by atoms with Crippen LogP contribution in [0.2, 0.25) is 0 Å².